The van der Waals surface area contributed by atoms with E-state index >= 15 is 0 Å². The van der Waals surface area contributed by atoms with Gasteiger partial charge in [0.2, 0.25) is 0 Å². The Labute approximate surface area is 97.6 Å². The summed E-state index contributed by atoms with van der Waals surface area (Å²) in [4.78, 5) is 3.85. The van der Waals surface area contributed by atoms with E-state index in [0.717, 1.165) is 6.07 Å². The quantitative estimate of drug-likeness (QED) is 0.844. The van der Waals surface area contributed by atoms with Gasteiger partial charge in [0.05, 0.1) is 23.0 Å². The summed E-state index contributed by atoms with van der Waals surface area (Å²) in [5.41, 5.74) is 6.67. The maximum atomic E-state index is 14.0. The topological polar surface area (TPSA) is 50.9 Å². The van der Waals surface area contributed by atoms with Crippen LogP contribution in [-0.2, 0) is 0 Å². The minimum absolute atomic E-state index is 0.00162. The number of nitrogens with zero attached hydrogens (tertiary/aromatic N) is 1. The number of nitrogens with two attached hydrogens (primary N) is 1. The van der Waals surface area contributed by atoms with Crippen molar-refractivity contribution in [1.29, 1.82) is 0 Å². The standard InChI is InChI=1S/C12H13F2N3/c1-3-16-12-8(15)5-17-11-7(13)4-6(2)10(14)9(11)12/h4-5H,3,15H2,1-2H3,(H,16,17). The van der Waals surface area contributed by atoms with E-state index in [9.17, 15) is 8.78 Å². The number of halogens is 2. The molecule has 2 aromatic rings. The zero-order valence-corrected chi connectivity index (χ0v) is 9.64. The van der Waals surface area contributed by atoms with Crippen LogP contribution in [0.25, 0.3) is 10.9 Å². The van der Waals surface area contributed by atoms with Gasteiger partial charge in [-0.2, -0.15) is 0 Å². The number of nitrogen functional groups attached to an aromatic ring is 1. The van der Waals surface area contributed by atoms with Crippen molar-refractivity contribution in [3.05, 3.63) is 29.5 Å². The van der Waals surface area contributed by atoms with E-state index in [1.165, 1.54) is 13.1 Å². The van der Waals surface area contributed by atoms with Crippen LogP contribution in [-0.4, -0.2) is 11.5 Å². The second kappa shape index (κ2) is 4.16. The normalized spacial score (nSPS) is 10.8. The first kappa shape index (κ1) is 11.6. The summed E-state index contributed by atoms with van der Waals surface area (Å²) in [5, 5.41) is 3.06. The number of anilines is 2. The van der Waals surface area contributed by atoms with Crippen LogP contribution in [0.4, 0.5) is 20.2 Å². The van der Waals surface area contributed by atoms with E-state index in [2.05, 4.69) is 10.3 Å². The molecule has 5 heteroatoms. The minimum atomic E-state index is -0.543. The molecule has 3 nitrogen and oxygen atoms in total. The average molecular weight is 237 g/mol. The average Bonchev–Trinajstić information content (AvgIpc) is 2.29. The molecule has 3 N–H and O–H groups in total. The molecule has 0 saturated heterocycles. The second-order valence-corrected chi connectivity index (χ2v) is 3.83. The third-order valence-electron chi connectivity index (χ3n) is 2.60. The lowest BCUT2D eigenvalue weighted by Crippen LogP contribution is -2.05. The van der Waals surface area contributed by atoms with E-state index in [0.29, 0.717) is 17.9 Å². The number of rotatable bonds is 2. The van der Waals surface area contributed by atoms with Gasteiger partial charge >= 0.3 is 0 Å². The Balaban J connectivity index is 2.91. The molecule has 0 aliphatic carbocycles. The molecular formula is C12H13F2N3. The zero-order valence-electron chi connectivity index (χ0n) is 9.64. The van der Waals surface area contributed by atoms with E-state index in [4.69, 9.17) is 5.73 Å². The Morgan fingerprint density at radius 2 is 2.12 bits per heavy atom. The van der Waals surface area contributed by atoms with E-state index in [-0.39, 0.29) is 16.5 Å². The van der Waals surface area contributed by atoms with Crippen LogP contribution in [0.5, 0.6) is 0 Å². The first-order chi connectivity index (χ1) is 8.06. The molecule has 1 aromatic carbocycles. The maximum Gasteiger partial charge on any atom is 0.149 e. The van der Waals surface area contributed by atoms with Crippen molar-refractivity contribution < 1.29 is 8.78 Å². The molecule has 90 valence electrons. The first-order valence-electron chi connectivity index (χ1n) is 5.33. The monoisotopic (exact) mass is 237 g/mol. The highest BCUT2D eigenvalue weighted by molar-refractivity contribution is 5.98. The number of pyridine rings is 1. The van der Waals surface area contributed by atoms with Crippen molar-refractivity contribution >= 4 is 22.3 Å². The Kier molecular flexibility index (Phi) is 2.83. The number of aryl methyl sites for hydroxylation is 1. The van der Waals surface area contributed by atoms with Crippen LogP contribution < -0.4 is 11.1 Å². The molecule has 0 aliphatic heterocycles. The van der Waals surface area contributed by atoms with Crippen molar-refractivity contribution in [3.63, 3.8) is 0 Å². The largest absolute Gasteiger partial charge is 0.396 e. The summed E-state index contributed by atoms with van der Waals surface area (Å²) >= 11 is 0. The highest BCUT2D eigenvalue weighted by atomic mass is 19.1. The molecule has 2 rings (SSSR count). The van der Waals surface area contributed by atoms with Gasteiger partial charge in [-0.15, -0.1) is 0 Å². The summed E-state index contributed by atoms with van der Waals surface area (Å²) in [6.45, 7) is 3.94. The zero-order chi connectivity index (χ0) is 12.6. The fraction of sp³-hybridized carbons (Fsp3) is 0.250. The summed E-state index contributed by atoms with van der Waals surface area (Å²) in [6, 6.07) is 1.14. The summed E-state index contributed by atoms with van der Waals surface area (Å²) < 4.78 is 27.7. The van der Waals surface area contributed by atoms with Gasteiger partial charge in [-0.25, -0.2) is 8.78 Å². The van der Waals surface area contributed by atoms with Crippen LogP contribution >= 0.6 is 0 Å². The molecule has 1 heterocycles. The summed E-state index contributed by atoms with van der Waals surface area (Å²) in [7, 11) is 0. The van der Waals surface area contributed by atoms with E-state index < -0.39 is 11.6 Å². The Morgan fingerprint density at radius 3 is 2.76 bits per heavy atom. The van der Waals surface area contributed by atoms with Crippen molar-refractivity contribution in [1.82, 2.24) is 4.98 Å². The van der Waals surface area contributed by atoms with Gasteiger partial charge in [0.15, 0.2) is 0 Å². The number of hydrogen-bond acceptors (Lipinski definition) is 3. The van der Waals surface area contributed by atoms with Crippen molar-refractivity contribution in [3.8, 4) is 0 Å². The molecule has 0 saturated carbocycles. The SMILES string of the molecule is CCNc1c(N)cnc2c(F)cc(C)c(F)c12. The molecule has 17 heavy (non-hydrogen) atoms. The molecule has 0 aliphatic rings. The number of aromatic nitrogens is 1. The van der Waals surface area contributed by atoms with Crippen LogP contribution in [0, 0.1) is 18.6 Å². The van der Waals surface area contributed by atoms with Crippen LogP contribution in [0.1, 0.15) is 12.5 Å². The van der Waals surface area contributed by atoms with Crippen LogP contribution in [0.3, 0.4) is 0 Å². The molecule has 0 unspecified atom stereocenters. The molecule has 0 amide bonds. The molecule has 0 atom stereocenters. The molecule has 0 bridgehead atoms. The second-order valence-electron chi connectivity index (χ2n) is 3.83. The maximum absolute atomic E-state index is 14.0. The molecule has 1 aromatic heterocycles. The van der Waals surface area contributed by atoms with Gasteiger partial charge in [0.25, 0.3) is 0 Å². The summed E-state index contributed by atoms with van der Waals surface area (Å²) in [5.74, 6) is -1.03. The molecule has 0 fully saturated rings. The predicted molar refractivity (Wildman–Crippen MR) is 65.0 cm³/mol. The number of fused-ring (bicyclic) bond motifs is 1. The lowest BCUT2D eigenvalue weighted by Gasteiger charge is -2.12. The van der Waals surface area contributed by atoms with E-state index in [1.807, 2.05) is 6.92 Å². The third kappa shape index (κ3) is 1.77. The minimum Gasteiger partial charge on any atom is -0.396 e. The van der Waals surface area contributed by atoms with Crippen LogP contribution in [0.2, 0.25) is 0 Å². The van der Waals surface area contributed by atoms with Gasteiger partial charge in [-0.3, -0.25) is 4.98 Å². The molecule has 0 radical (unpaired) electrons. The van der Waals surface area contributed by atoms with Gasteiger partial charge in [-0.05, 0) is 25.5 Å². The van der Waals surface area contributed by atoms with E-state index in [1.54, 1.807) is 0 Å². The lowest BCUT2D eigenvalue weighted by molar-refractivity contribution is 0.608. The smallest absolute Gasteiger partial charge is 0.149 e. The predicted octanol–water partition coefficient (Wildman–Crippen LogP) is 2.84. The fourth-order valence-electron chi connectivity index (χ4n) is 1.81. The lowest BCUT2D eigenvalue weighted by atomic mass is 10.1. The molecule has 0 spiro atoms. The highest BCUT2D eigenvalue weighted by Gasteiger charge is 2.16. The van der Waals surface area contributed by atoms with Gasteiger partial charge in [0.1, 0.15) is 17.2 Å². The van der Waals surface area contributed by atoms with Crippen LogP contribution in [0.15, 0.2) is 12.3 Å². The van der Waals surface area contributed by atoms with Gasteiger partial charge in [0, 0.05) is 6.54 Å². The summed E-state index contributed by atoms with van der Waals surface area (Å²) in [6.07, 6.45) is 1.33. The molecular weight excluding hydrogens is 224 g/mol. The number of hydrogen-bond donors (Lipinski definition) is 2. The van der Waals surface area contributed by atoms with Crippen molar-refractivity contribution in [2.24, 2.45) is 0 Å². The first-order valence-corrected chi connectivity index (χ1v) is 5.33. The van der Waals surface area contributed by atoms with Gasteiger partial charge in [-0.1, -0.05) is 0 Å². The number of benzene rings is 1. The van der Waals surface area contributed by atoms with Crippen molar-refractivity contribution in [2.75, 3.05) is 17.6 Å². The highest BCUT2D eigenvalue weighted by Crippen LogP contribution is 2.32. The Bertz CT molecular complexity index is 582. The Morgan fingerprint density at radius 1 is 1.41 bits per heavy atom. The Hall–Kier alpha value is -1.91. The van der Waals surface area contributed by atoms with Gasteiger partial charge < -0.3 is 11.1 Å². The van der Waals surface area contributed by atoms with Crippen molar-refractivity contribution in [2.45, 2.75) is 13.8 Å². The number of nitrogens with one attached hydrogen (secondary N) is 1. The third-order valence-corrected chi connectivity index (χ3v) is 2.60. The fourth-order valence-corrected chi connectivity index (χ4v) is 1.81.